The summed E-state index contributed by atoms with van der Waals surface area (Å²) in [5, 5.41) is 1.08. The van der Waals surface area contributed by atoms with Crippen LogP contribution in [0.5, 0.6) is 0 Å². The van der Waals surface area contributed by atoms with Crippen molar-refractivity contribution in [1.29, 1.82) is 0 Å². The summed E-state index contributed by atoms with van der Waals surface area (Å²) >= 11 is 6.09. The fourth-order valence-corrected chi connectivity index (χ4v) is 7.98. The molecular weight excluding hydrogens is 548 g/mol. The molecule has 3 aliphatic rings. The van der Waals surface area contributed by atoms with E-state index in [0.29, 0.717) is 48.4 Å². The molecule has 5 rings (SSSR count). The molecule has 212 valence electrons. The van der Waals surface area contributed by atoms with Crippen molar-refractivity contribution in [2.24, 2.45) is 0 Å². The molecule has 0 radical (unpaired) electrons. The maximum Gasteiger partial charge on any atom is 0.409 e. The highest BCUT2D eigenvalue weighted by molar-refractivity contribution is 7.89. The number of methoxy groups -OCH3 is 1. The Labute approximate surface area is 232 Å². The molecule has 1 unspecified atom stereocenters. The van der Waals surface area contributed by atoms with Crippen LogP contribution in [0.4, 0.5) is 4.79 Å². The lowest BCUT2D eigenvalue weighted by Gasteiger charge is -2.52. The number of piperidine rings is 1. The van der Waals surface area contributed by atoms with E-state index in [2.05, 4.69) is 9.88 Å². The molecular formula is C25H33ClN6O6S. The van der Waals surface area contributed by atoms with Gasteiger partial charge in [0.15, 0.2) is 0 Å². The third kappa shape index (κ3) is 4.45. The van der Waals surface area contributed by atoms with E-state index in [1.165, 1.54) is 29.3 Å². The molecule has 1 atom stereocenters. The number of likely N-dealkylation sites (tertiary alicyclic amines) is 1. The summed E-state index contributed by atoms with van der Waals surface area (Å²) in [5.41, 5.74) is -1.01. The van der Waals surface area contributed by atoms with Gasteiger partial charge >= 0.3 is 6.09 Å². The molecule has 3 fully saturated rings. The Morgan fingerprint density at radius 1 is 1.18 bits per heavy atom. The molecule has 12 nitrogen and oxygen atoms in total. The van der Waals surface area contributed by atoms with Crippen LogP contribution in [0.3, 0.4) is 0 Å². The van der Waals surface area contributed by atoms with Crippen LogP contribution < -0.4 is 0 Å². The number of hydrogen-bond acceptors (Lipinski definition) is 7. The number of H-pyrrole nitrogens is 1. The van der Waals surface area contributed by atoms with Crippen LogP contribution in [-0.4, -0.2) is 127 Å². The average molecular weight is 581 g/mol. The molecule has 1 N–H and O–H groups in total. The van der Waals surface area contributed by atoms with E-state index in [-0.39, 0.29) is 36.5 Å². The number of carbonyl (C=O) groups is 3. The van der Waals surface area contributed by atoms with E-state index in [1.54, 1.807) is 35.0 Å². The monoisotopic (exact) mass is 580 g/mol. The molecule has 39 heavy (non-hydrogen) atoms. The van der Waals surface area contributed by atoms with Gasteiger partial charge in [0.1, 0.15) is 10.7 Å². The number of nitrogens with zero attached hydrogens (tertiary/aromatic N) is 5. The largest absolute Gasteiger partial charge is 0.453 e. The number of aromatic amines is 1. The quantitative estimate of drug-likeness (QED) is 0.579. The standard InChI is InChI=1S/C25H33ClN6O6S/c1-17(33)30-9-7-24(8-10-30)14-32-22(34)13-31(16-25(32,29(24)3)15-28(2)23(35)38-4)39(36,37)21-12-18-11-19(26)5-6-20(18)27-21/h5-6,11-12,27H,7-10,13-16H2,1-4H3. The zero-order valence-corrected chi connectivity index (χ0v) is 24.0. The molecule has 14 heteroatoms. The number of ether oxygens (including phenoxy) is 1. The third-order valence-electron chi connectivity index (χ3n) is 8.63. The van der Waals surface area contributed by atoms with Gasteiger partial charge in [0.2, 0.25) is 11.8 Å². The van der Waals surface area contributed by atoms with E-state index in [9.17, 15) is 22.8 Å². The van der Waals surface area contributed by atoms with Crippen LogP contribution in [-0.2, 0) is 24.3 Å². The van der Waals surface area contributed by atoms with Crippen molar-refractivity contribution in [1.82, 2.24) is 28.9 Å². The summed E-state index contributed by atoms with van der Waals surface area (Å²) in [5.74, 6) is -0.351. The lowest BCUT2D eigenvalue weighted by atomic mass is 9.86. The number of amides is 3. The molecule has 3 saturated heterocycles. The van der Waals surface area contributed by atoms with Gasteiger partial charge < -0.3 is 24.4 Å². The number of rotatable bonds is 4. The Bertz CT molecular complexity index is 1440. The molecule has 0 saturated carbocycles. The number of halogens is 1. The molecule has 1 spiro atoms. The first kappa shape index (κ1) is 27.7. The minimum atomic E-state index is -4.12. The zero-order valence-electron chi connectivity index (χ0n) is 22.4. The van der Waals surface area contributed by atoms with Gasteiger partial charge in [-0.15, -0.1) is 0 Å². The van der Waals surface area contributed by atoms with Gasteiger partial charge in [-0.05, 0) is 44.2 Å². The summed E-state index contributed by atoms with van der Waals surface area (Å²) in [7, 11) is 0.596. The molecule has 3 amide bonds. The molecule has 1 aromatic heterocycles. The van der Waals surface area contributed by atoms with E-state index in [4.69, 9.17) is 16.3 Å². The minimum absolute atomic E-state index is 0.00340. The Kier molecular flexibility index (Phi) is 6.85. The van der Waals surface area contributed by atoms with E-state index < -0.39 is 27.3 Å². The number of aromatic nitrogens is 1. The maximum atomic E-state index is 13.9. The van der Waals surface area contributed by atoms with Crippen molar-refractivity contribution in [3.63, 3.8) is 0 Å². The molecule has 0 aliphatic carbocycles. The number of nitrogens with one attached hydrogen (secondary N) is 1. The number of fused-ring (bicyclic) bond motifs is 2. The second-order valence-corrected chi connectivity index (χ2v) is 13.1. The first-order chi connectivity index (χ1) is 18.3. The van der Waals surface area contributed by atoms with Crippen molar-refractivity contribution in [2.75, 3.05) is 60.5 Å². The average Bonchev–Trinajstić information content (AvgIpc) is 3.42. The number of sulfonamides is 1. The molecule has 1 aromatic carbocycles. The van der Waals surface area contributed by atoms with Crippen molar-refractivity contribution >= 4 is 50.4 Å². The zero-order chi connectivity index (χ0) is 28.3. The summed E-state index contributed by atoms with van der Waals surface area (Å²) in [6, 6.07) is 6.55. The summed E-state index contributed by atoms with van der Waals surface area (Å²) in [6.07, 6.45) is 0.642. The lowest BCUT2D eigenvalue weighted by molar-refractivity contribution is -0.148. The molecule has 2 aromatic rings. The number of likely N-dealkylation sites (N-methyl/N-ethyl adjacent to an activating group) is 2. The van der Waals surface area contributed by atoms with Crippen LogP contribution in [0.1, 0.15) is 19.8 Å². The predicted octanol–water partition coefficient (Wildman–Crippen LogP) is 1.38. The second-order valence-electron chi connectivity index (χ2n) is 10.7. The Hall–Kier alpha value is -2.87. The SMILES string of the molecule is COC(=O)N(C)CC12CN(S(=O)(=O)c3cc4cc(Cl)ccc4[nH]3)CC(=O)N1CC1(CCN(C(C)=O)CC1)N2C. The van der Waals surface area contributed by atoms with Gasteiger partial charge in [-0.3, -0.25) is 14.5 Å². The fourth-order valence-electron chi connectivity index (χ4n) is 6.35. The van der Waals surface area contributed by atoms with Crippen molar-refractivity contribution in [3.8, 4) is 0 Å². The first-order valence-corrected chi connectivity index (χ1v) is 14.5. The highest BCUT2D eigenvalue weighted by Gasteiger charge is 2.63. The van der Waals surface area contributed by atoms with Gasteiger partial charge in [0, 0.05) is 55.1 Å². The van der Waals surface area contributed by atoms with Crippen LogP contribution in [0.25, 0.3) is 10.9 Å². The van der Waals surface area contributed by atoms with Crippen molar-refractivity contribution in [3.05, 3.63) is 29.3 Å². The maximum absolute atomic E-state index is 13.9. The Balaban J connectivity index is 1.53. The number of benzene rings is 1. The molecule has 0 bridgehead atoms. The van der Waals surface area contributed by atoms with Crippen molar-refractivity contribution < 1.29 is 27.5 Å². The Morgan fingerprint density at radius 3 is 2.51 bits per heavy atom. The molecule has 3 aliphatic heterocycles. The van der Waals surface area contributed by atoms with E-state index >= 15 is 0 Å². The Morgan fingerprint density at radius 2 is 1.87 bits per heavy atom. The van der Waals surface area contributed by atoms with Crippen LogP contribution >= 0.6 is 11.6 Å². The van der Waals surface area contributed by atoms with E-state index in [1.807, 2.05) is 7.05 Å². The van der Waals surface area contributed by atoms with Gasteiger partial charge in [0.05, 0.1) is 26.7 Å². The van der Waals surface area contributed by atoms with Gasteiger partial charge in [-0.2, -0.15) is 4.31 Å². The smallest absolute Gasteiger partial charge is 0.409 e. The number of piperazine rings is 1. The van der Waals surface area contributed by atoms with Gasteiger partial charge in [-0.1, -0.05) is 11.6 Å². The first-order valence-electron chi connectivity index (χ1n) is 12.7. The van der Waals surface area contributed by atoms with Crippen molar-refractivity contribution in [2.45, 2.75) is 36.0 Å². The predicted molar refractivity (Wildman–Crippen MR) is 144 cm³/mol. The topological polar surface area (TPSA) is 127 Å². The van der Waals surface area contributed by atoms with Gasteiger partial charge in [-0.25, -0.2) is 13.2 Å². The normalized spacial score (nSPS) is 23.9. The van der Waals surface area contributed by atoms with Crippen LogP contribution in [0.15, 0.2) is 29.3 Å². The van der Waals surface area contributed by atoms with Crippen LogP contribution in [0, 0.1) is 0 Å². The number of carbonyl (C=O) groups excluding carboxylic acids is 3. The van der Waals surface area contributed by atoms with E-state index in [0.717, 1.165) is 0 Å². The molecule has 4 heterocycles. The summed E-state index contributed by atoms with van der Waals surface area (Å²) in [4.78, 5) is 48.0. The second kappa shape index (κ2) is 9.65. The lowest BCUT2D eigenvalue weighted by Crippen LogP contribution is -2.71. The van der Waals surface area contributed by atoms with Crippen LogP contribution in [0.2, 0.25) is 5.02 Å². The highest BCUT2D eigenvalue weighted by atomic mass is 35.5. The third-order valence-corrected chi connectivity index (χ3v) is 10.6. The highest BCUT2D eigenvalue weighted by Crippen LogP contribution is 2.45. The minimum Gasteiger partial charge on any atom is -0.453 e. The summed E-state index contributed by atoms with van der Waals surface area (Å²) in [6.45, 7) is 2.64. The summed E-state index contributed by atoms with van der Waals surface area (Å²) < 4.78 is 33.9. The number of hydrogen-bond donors (Lipinski definition) is 1. The van der Waals surface area contributed by atoms with Gasteiger partial charge in [0.25, 0.3) is 10.0 Å². The fraction of sp³-hybridized carbons (Fsp3) is 0.560.